The van der Waals surface area contributed by atoms with Crippen molar-refractivity contribution in [2.24, 2.45) is 0 Å². The standard InChI is InChI=1S/C17H13N5O2/c23-16(20-12-5-4-9-18-11-12)13-6-3-7-14(21-13)17(24)22-15-8-1-2-10-19-15/h1-11H,(H,20,23)(H,19,22,24). The highest BCUT2D eigenvalue weighted by molar-refractivity contribution is 6.05. The van der Waals surface area contributed by atoms with Crippen LogP contribution in [0, 0.1) is 0 Å². The molecule has 0 saturated heterocycles. The number of aromatic nitrogens is 3. The maximum Gasteiger partial charge on any atom is 0.275 e. The zero-order valence-electron chi connectivity index (χ0n) is 12.5. The van der Waals surface area contributed by atoms with Crippen molar-refractivity contribution < 1.29 is 9.59 Å². The molecule has 2 N–H and O–H groups in total. The van der Waals surface area contributed by atoms with E-state index in [2.05, 4.69) is 25.6 Å². The molecule has 2 amide bonds. The molecule has 0 aliphatic heterocycles. The molecule has 0 radical (unpaired) electrons. The predicted octanol–water partition coefficient (Wildman–Crippen LogP) is 2.38. The van der Waals surface area contributed by atoms with E-state index < -0.39 is 11.8 Å². The molecule has 118 valence electrons. The smallest absolute Gasteiger partial charge is 0.275 e. The van der Waals surface area contributed by atoms with Crippen molar-refractivity contribution >= 4 is 23.3 Å². The number of pyridine rings is 3. The summed E-state index contributed by atoms with van der Waals surface area (Å²) in [6.45, 7) is 0. The third-order valence-corrected chi connectivity index (χ3v) is 3.04. The zero-order valence-corrected chi connectivity index (χ0v) is 12.5. The van der Waals surface area contributed by atoms with Gasteiger partial charge in [0.25, 0.3) is 11.8 Å². The van der Waals surface area contributed by atoms with Crippen LogP contribution in [0.15, 0.2) is 67.1 Å². The first-order valence-corrected chi connectivity index (χ1v) is 7.13. The van der Waals surface area contributed by atoms with Gasteiger partial charge in [-0.3, -0.25) is 14.6 Å². The topological polar surface area (TPSA) is 96.9 Å². The Morgan fingerprint density at radius 3 is 2.25 bits per heavy atom. The summed E-state index contributed by atoms with van der Waals surface area (Å²) in [5.74, 6) is -0.449. The highest BCUT2D eigenvalue weighted by Crippen LogP contribution is 2.08. The van der Waals surface area contributed by atoms with Crippen LogP contribution in [-0.4, -0.2) is 26.8 Å². The maximum absolute atomic E-state index is 12.2. The molecule has 0 atom stereocenters. The van der Waals surface area contributed by atoms with E-state index in [0.29, 0.717) is 11.5 Å². The van der Waals surface area contributed by atoms with Gasteiger partial charge in [-0.2, -0.15) is 0 Å². The average molecular weight is 319 g/mol. The molecule has 0 fully saturated rings. The van der Waals surface area contributed by atoms with Gasteiger partial charge >= 0.3 is 0 Å². The molecule has 0 aliphatic rings. The van der Waals surface area contributed by atoms with Gasteiger partial charge in [-0.15, -0.1) is 0 Å². The lowest BCUT2D eigenvalue weighted by Crippen LogP contribution is -2.18. The Bertz CT molecular complexity index is 784. The van der Waals surface area contributed by atoms with Crippen LogP contribution in [-0.2, 0) is 0 Å². The van der Waals surface area contributed by atoms with E-state index in [1.807, 2.05) is 0 Å². The molecule has 3 aromatic rings. The Morgan fingerprint density at radius 1 is 0.792 bits per heavy atom. The Labute approximate surface area is 137 Å². The lowest BCUT2D eigenvalue weighted by Gasteiger charge is -2.06. The Hall–Kier alpha value is -3.61. The van der Waals surface area contributed by atoms with Gasteiger partial charge in [0.05, 0.1) is 11.9 Å². The Kier molecular flexibility index (Phi) is 4.52. The van der Waals surface area contributed by atoms with Crippen LogP contribution in [0.2, 0.25) is 0 Å². The van der Waals surface area contributed by atoms with Gasteiger partial charge in [0.2, 0.25) is 0 Å². The number of anilines is 2. The van der Waals surface area contributed by atoms with Crippen molar-refractivity contribution in [1.82, 2.24) is 15.0 Å². The fraction of sp³-hybridized carbons (Fsp3) is 0. The quantitative estimate of drug-likeness (QED) is 0.769. The monoisotopic (exact) mass is 319 g/mol. The van der Waals surface area contributed by atoms with E-state index >= 15 is 0 Å². The van der Waals surface area contributed by atoms with Gasteiger partial charge in [-0.05, 0) is 36.4 Å². The normalized spacial score (nSPS) is 10.0. The average Bonchev–Trinajstić information content (AvgIpc) is 2.63. The second-order valence-corrected chi connectivity index (χ2v) is 4.77. The zero-order chi connectivity index (χ0) is 16.8. The van der Waals surface area contributed by atoms with Gasteiger partial charge in [0, 0.05) is 12.4 Å². The molecule has 3 rings (SSSR count). The molecule has 7 heteroatoms. The van der Waals surface area contributed by atoms with Gasteiger partial charge in [0.1, 0.15) is 17.2 Å². The number of carbonyl (C=O) groups is 2. The van der Waals surface area contributed by atoms with Crippen molar-refractivity contribution in [2.75, 3.05) is 10.6 Å². The van der Waals surface area contributed by atoms with Gasteiger partial charge in [0.15, 0.2) is 0 Å². The molecular weight excluding hydrogens is 306 g/mol. The maximum atomic E-state index is 12.2. The molecule has 0 aliphatic carbocycles. The van der Waals surface area contributed by atoms with Crippen LogP contribution in [0.5, 0.6) is 0 Å². The molecule has 0 aromatic carbocycles. The summed E-state index contributed by atoms with van der Waals surface area (Å²) in [6.07, 6.45) is 4.70. The molecule has 0 unspecified atom stereocenters. The highest BCUT2D eigenvalue weighted by atomic mass is 16.2. The van der Waals surface area contributed by atoms with Gasteiger partial charge in [-0.25, -0.2) is 9.97 Å². The van der Waals surface area contributed by atoms with Crippen molar-refractivity contribution in [3.63, 3.8) is 0 Å². The Morgan fingerprint density at radius 2 is 1.58 bits per heavy atom. The van der Waals surface area contributed by atoms with Crippen LogP contribution in [0.25, 0.3) is 0 Å². The summed E-state index contributed by atoms with van der Waals surface area (Å²) in [7, 11) is 0. The summed E-state index contributed by atoms with van der Waals surface area (Å²) in [5, 5.41) is 5.29. The number of nitrogens with one attached hydrogen (secondary N) is 2. The molecule has 7 nitrogen and oxygen atoms in total. The molecule has 0 spiro atoms. The van der Waals surface area contributed by atoms with E-state index in [4.69, 9.17) is 0 Å². The van der Waals surface area contributed by atoms with Crippen molar-refractivity contribution in [3.05, 3.63) is 78.5 Å². The minimum Gasteiger partial charge on any atom is -0.319 e. The minimum absolute atomic E-state index is 0.125. The lowest BCUT2D eigenvalue weighted by atomic mass is 10.2. The fourth-order valence-corrected chi connectivity index (χ4v) is 1.94. The van der Waals surface area contributed by atoms with Crippen LogP contribution >= 0.6 is 0 Å². The van der Waals surface area contributed by atoms with Gasteiger partial charge < -0.3 is 10.6 Å². The number of nitrogens with zero attached hydrogens (tertiary/aromatic N) is 3. The number of amides is 2. The van der Waals surface area contributed by atoms with E-state index in [-0.39, 0.29) is 11.4 Å². The van der Waals surface area contributed by atoms with E-state index in [1.54, 1.807) is 48.8 Å². The summed E-state index contributed by atoms with van der Waals surface area (Å²) in [5.41, 5.74) is 0.805. The number of carbonyl (C=O) groups excluding carboxylic acids is 2. The highest BCUT2D eigenvalue weighted by Gasteiger charge is 2.13. The summed E-state index contributed by atoms with van der Waals surface area (Å²) in [4.78, 5) is 36.4. The molecule has 0 bridgehead atoms. The summed E-state index contributed by atoms with van der Waals surface area (Å²) in [6, 6.07) is 13.2. The third kappa shape index (κ3) is 3.77. The van der Waals surface area contributed by atoms with E-state index in [0.717, 1.165) is 0 Å². The Balaban J connectivity index is 1.74. The number of hydrogen-bond donors (Lipinski definition) is 2. The van der Waals surface area contributed by atoms with Crippen molar-refractivity contribution in [2.45, 2.75) is 0 Å². The largest absolute Gasteiger partial charge is 0.319 e. The second kappa shape index (κ2) is 7.10. The first kappa shape index (κ1) is 15.3. The van der Waals surface area contributed by atoms with Crippen LogP contribution in [0.3, 0.4) is 0 Å². The van der Waals surface area contributed by atoms with Crippen LogP contribution < -0.4 is 10.6 Å². The van der Waals surface area contributed by atoms with Crippen LogP contribution in [0.4, 0.5) is 11.5 Å². The number of hydrogen-bond acceptors (Lipinski definition) is 5. The van der Waals surface area contributed by atoms with Crippen LogP contribution in [0.1, 0.15) is 21.0 Å². The predicted molar refractivity (Wildman–Crippen MR) is 88.6 cm³/mol. The van der Waals surface area contributed by atoms with Gasteiger partial charge in [-0.1, -0.05) is 12.1 Å². The third-order valence-electron chi connectivity index (χ3n) is 3.04. The first-order valence-electron chi connectivity index (χ1n) is 7.13. The summed E-state index contributed by atoms with van der Waals surface area (Å²) < 4.78 is 0. The molecule has 24 heavy (non-hydrogen) atoms. The molecule has 0 saturated carbocycles. The summed E-state index contributed by atoms with van der Waals surface area (Å²) >= 11 is 0. The van der Waals surface area contributed by atoms with Crippen molar-refractivity contribution in [3.8, 4) is 0 Å². The lowest BCUT2D eigenvalue weighted by molar-refractivity contribution is 0.101. The second-order valence-electron chi connectivity index (χ2n) is 4.77. The van der Waals surface area contributed by atoms with E-state index in [9.17, 15) is 9.59 Å². The SMILES string of the molecule is O=C(Nc1cccnc1)c1cccc(C(=O)Nc2ccccn2)n1. The molecule has 3 heterocycles. The fourth-order valence-electron chi connectivity index (χ4n) is 1.94. The molecule has 3 aromatic heterocycles. The van der Waals surface area contributed by atoms with E-state index in [1.165, 1.54) is 18.3 Å². The van der Waals surface area contributed by atoms with Crippen molar-refractivity contribution in [1.29, 1.82) is 0 Å². The number of rotatable bonds is 4. The first-order chi connectivity index (χ1) is 11.7. The molecular formula is C17H13N5O2. The minimum atomic E-state index is -0.440.